The minimum absolute atomic E-state index is 0.00241. The summed E-state index contributed by atoms with van der Waals surface area (Å²) in [6.45, 7) is 1.82. The molecule has 5 nitrogen and oxygen atoms in total. The van der Waals surface area contributed by atoms with Crippen LogP contribution >= 0.6 is 0 Å². The molecule has 0 amide bonds. The highest BCUT2D eigenvalue weighted by Gasteiger charge is 1.99. The highest BCUT2D eigenvalue weighted by atomic mass is 16.5. The summed E-state index contributed by atoms with van der Waals surface area (Å²) in [4.78, 5) is 14.9. The lowest BCUT2D eigenvalue weighted by Crippen LogP contribution is -2.31. The molecular formula is C9H13N3O2. The van der Waals surface area contributed by atoms with Crippen LogP contribution in [0.5, 0.6) is 5.88 Å². The van der Waals surface area contributed by atoms with Crippen LogP contribution in [0.25, 0.3) is 0 Å². The number of ketones is 1. The SMILES string of the molecule is CNNCOc1ccc(C(C)=O)cn1. The highest BCUT2D eigenvalue weighted by Crippen LogP contribution is 2.07. The molecule has 76 valence electrons. The Morgan fingerprint density at radius 2 is 2.36 bits per heavy atom. The fraction of sp³-hybridized carbons (Fsp3) is 0.333. The number of carbonyl (C=O) groups is 1. The first-order valence-corrected chi connectivity index (χ1v) is 4.23. The van der Waals surface area contributed by atoms with Crippen molar-refractivity contribution in [3.05, 3.63) is 23.9 Å². The van der Waals surface area contributed by atoms with Crippen LogP contribution in [-0.2, 0) is 0 Å². The Labute approximate surface area is 82.5 Å². The summed E-state index contributed by atoms with van der Waals surface area (Å²) in [6, 6.07) is 3.35. The van der Waals surface area contributed by atoms with Crippen LogP contribution in [0.2, 0.25) is 0 Å². The van der Waals surface area contributed by atoms with E-state index in [-0.39, 0.29) is 5.78 Å². The van der Waals surface area contributed by atoms with Gasteiger partial charge in [0.15, 0.2) is 12.5 Å². The number of carbonyl (C=O) groups excluding carboxylic acids is 1. The third kappa shape index (κ3) is 3.12. The number of nitrogens with zero attached hydrogens (tertiary/aromatic N) is 1. The molecule has 0 aromatic carbocycles. The van der Waals surface area contributed by atoms with Gasteiger partial charge < -0.3 is 4.74 Å². The first-order valence-electron chi connectivity index (χ1n) is 4.23. The number of hydrogen-bond acceptors (Lipinski definition) is 5. The van der Waals surface area contributed by atoms with Crippen LogP contribution in [0.15, 0.2) is 18.3 Å². The van der Waals surface area contributed by atoms with Crippen LogP contribution in [0.3, 0.4) is 0 Å². The van der Waals surface area contributed by atoms with Crippen molar-refractivity contribution in [2.75, 3.05) is 13.8 Å². The van der Waals surface area contributed by atoms with Crippen molar-refractivity contribution in [3.63, 3.8) is 0 Å². The van der Waals surface area contributed by atoms with Gasteiger partial charge in [-0.15, -0.1) is 0 Å². The largest absolute Gasteiger partial charge is 0.460 e. The predicted octanol–water partition coefficient (Wildman–Crippen LogP) is 0.344. The normalized spacial score (nSPS) is 9.86. The fourth-order valence-electron chi connectivity index (χ4n) is 0.856. The van der Waals surface area contributed by atoms with E-state index in [9.17, 15) is 4.79 Å². The summed E-state index contributed by atoms with van der Waals surface area (Å²) >= 11 is 0. The average Bonchev–Trinajstić information content (AvgIpc) is 2.19. The molecule has 0 bridgehead atoms. The molecule has 1 aromatic heterocycles. The van der Waals surface area contributed by atoms with Crippen molar-refractivity contribution < 1.29 is 9.53 Å². The Bertz CT molecular complexity index is 297. The number of Topliss-reactive ketones (excluding diaryl/α,β-unsaturated/α-hetero) is 1. The second-order valence-electron chi connectivity index (χ2n) is 2.66. The van der Waals surface area contributed by atoms with E-state index in [1.54, 1.807) is 19.2 Å². The van der Waals surface area contributed by atoms with Crippen LogP contribution in [-0.4, -0.2) is 24.5 Å². The van der Waals surface area contributed by atoms with Crippen molar-refractivity contribution in [3.8, 4) is 5.88 Å². The second-order valence-corrected chi connectivity index (χ2v) is 2.66. The Kier molecular flexibility index (Phi) is 4.03. The smallest absolute Gasteiger partial charge is 0.214 e. The van der Waals surface area contributed by atoms with Gasteiger partial charge in [0, 0.05) is 17.8 Å². The summed E-state index contributed by atoms with van der Waals surface area (Å²) in [7, 11) is 1.75. The van der Waals surface area contributed by atoms with Gasteiger partial charge in [-0.25, -0.2) is 10.4 Å². The summed E-state index contributed by atoms with van der Waals surface area (Å²) in [5.74, 6) is 0.482. The number of rotatable bonds is 5. The van der Waals surface area contributed by atoms with Gasteiger partial charge in [0.2, 0.25) is 5.88 Å². The number of hydrazine groups is 1. The summed E-state index contributed by atoms with van der Waals surface area (Å²) < 4.78 is 5.19. The van der Waals surface area contributed by atoms with E-state index >= 15 is 0 Å². The zero-order chi connectivity index (χ0) is 10.4. The van der Waals surface area contributed by atoms with Crippen molar-refractivity contribution in [2.24, 2.45) is 0 Å². The standard InChI is InChI=1S/C9H13N3O2/c1-7(13)8-3-4-9(11-5-8)14-6-12-10-2/h3-5,10,12H,6H2,1-2H3. The topological polar surface area (TPSA) is 63.2 Å². The van der Waals surface area contributed by atoms with Crippen molar-refractivity contribution >= 4 is 5.78 Å². The van der Waals surface area contributed by atoms with Gasteiger partial charge in [-0.2, -0.15) is 0 Å². The molecule has 0 saturated carbocycles. The molecule has 0 unspecified atom stereocenters. The van der Waals surface area contributed by atoms with Crippen molar-refractivity contribution in [1.82, 2.24) is 15.8 Å². The molecule has 5 heteroatoms. The second kappa shape index (κ2) is 5.31. The van der Waals surface area contributed by atoms with E-state index < -0.39 is 0 Å². The number of hydrogen-bond donors (Lipinski definition) is 2. The van der Waals surface area contributed by atoms with Crippen LogP contribution in [0.4, 0.5) is 0 Å². The third-order valence-corrected chi connectivity index (χ3v) is 1.61. The van der Waals surface area contributed by atoms with Crippen LogP contribution in [0.1, 0.15) is 17.3 Å². The van der Waals surface area contributed by atoms with Crippen molar-refractivity contribution in [1.29, 1.82) is 0 Å². The monoisotopic (exact) mass is 195 g/mol. The average molecular weight is 195 g/mol. The molecule has 0 saturated heterocycles. The Morgan fingerprint density at radius 3 is 2.86 bits per heavy atom. The Hall–Kier alpha value is -1.46. The Balaban J connectivity index is 2.51. The zero-order valence-electron chi connectivity index (χ0n) is 8.20. The summed E-state index contributed by atoms with van der Waals surface area (Å²) in [5.41, 5.74) is 6.05. The highest BCUT2D eigenvalue weighted by molar-refractivity contribution is 5.93. The van der Waals surface area contributed by atoms with Gasteiger partial charge in [0.05, 0.1) is 0 Å². The first-order chi connectivity index (χ1) is 6.74. The van der Waals surface area contributed by atoms with Gasteiger partial charge in [0.25, 0.3) is 0 Å². The van der Waals surface area contributed by atoms with Gasteiger partial charge in [0.1, 0.15) is 0 Å². The first kappa shape index (κ1) is 10.6. The van der Waals surface area contributed by atoms with E-state index in [0.29, 0.717) is 18.2 Å². The maximum Gasteiger partial charge on any atom is 0.214 e. The molecule has 1 heterocycles. The fourth-order valence-corrected chi connectivity index (χ4v) is 0.856. The minimum Gasteiger partial charge on any atom is -0.460 e. The molecule has 0 spiro atoms. The van der Waals surface area contributed by atoms with Gasteiger partial charge in [-0.3, -0.25) is 10.2 Å². The third-order valence-electron chi connectivity index (χ3n) is 1.61. The molecule has 1 aromatic rings. The molecular weight excluding hydrogens is 182 g/mol. The van der Waals surface area contributed by atoms with E-state index in [1.165, 1.54) is 13.1 Å². The van der Waals surface area contributed by atoms with Crippen LogP contribution < -0.4 is 15.6 Å². The molecule has 14 heavy (non-hydrogen) atoms. The zero-order valence-corrected chi connectivity index (χ0v) is 8.20. The number of nitrogens with one attached hydrogen (secondary N) is 2. The van der Waals surface area contributed by atoms with E-state index in [2.05, 4.69) is 15.8 Å². The van der Waals surface area contributed by atoms with Crippen LogP contribution in [0, 0.1) is 0 Å². The van der Waals surface area contributed by atoms with Crippen molar-refractivity contribution in [2.45, 2.75) is 6.92 Å². The number of aromatic nitrogens is 1. The molecule has 0 atom stereocenters. The lowest BCUT2D eigenvalue weighted by atomic mass is 10.2. The lowest BCUT2D eigenvalue weighted by molar-refractivity contribution is 0.101. The molecule has 1 rings (SSSR count). The lowest BCUT2D eigenvalue weighted by Gasteiger charge is -2.05. The maximum atomic E-state index is 10.9. The van der Waals surface area contributed by atoms with Gasteiger partial charge in [-0.05, 0) is 20.0 Å². The molecule has 0 aliphatic carbocycles. The predicted molar refractivity (Wildman–Crippen MR) is 51.9 cm³/mol. The summed E-state index contributed by atoms with van der Waals surface area (Å²) in [6.07, 6.45) is 1.50. The molecule has 0 fully saturated rings. The molecule has 2 N–H and O–H groups in total. The Morgan fingerprint density at radius 1 is 1.57 bits per heavy atom. The van der Waals surface area contributed by atoms with E-state index in [0.717, 1.165) is 0 Å². The maximum absolute atomic E-state index is 10.9. The van der Waals surface area contributed by atoms with E-state index in [4.69, 9.17) is 4.74 Å². The number of pyridine rings is 1. The quantitative estimate of drug-likeness (QED) is 0.307. The minimum atomic E-state index is -0.00241. The number of ether oxygens (including phenoxy) is 1. The van der Waals surface area contributed by atoms with E-state index in [1.807, 2.05) is 0 Å². The molecule has 0 aliphatic heterocycles. The summed E-state index contributed by atoms with van der Waals surface area (Å²) in [5, 5.41) is 0. The van der Waals surface area contributed by atoms with Gasteiger partial charge in [-0.1, -0.05) is 0 Å². The van der Waals surface area contributed by atoms with Gasteiger partial charge >= 0.3 is 0 Å². The molecule has 0 aliphatic rings. The molecule has 0 radical (unpaired) electrons.